The van der Waals surface area contributed by atoms with Crippen molar-refractivity contribution in [1.29, 1.82) is 0 Å². The van der Waals surface area contributed by atoms with Gasteiger partial charge in [-0.3, -0.25) is 0 Å². The number of allylic oxidation sites excluding steroid dienone is 1. The minimum absolute atomic E-state index is 0.103. The van der Waals surface area contributed by atoms with Crippen LogP contribution in [0.25, 0.3) is 11.8 Å². The third-order valence-electron chi connectivity index (χ3n) is 4.41. The Morgan fingerprint density at radius 2 is 1.85 bits per heavy atom. The van der Waals surface area contributed by atoms with Crippen molar-refractivity contribution in [3.63, 3.8) is 0 Å². The van der Waals surface area contributed by atoms with E-state index in [0.717, 1.165) is 27.0 Å². The molecule has 0 saturated heterocycles. The zero-order chi connectivity index (χ0) is 19.0. The Balaban J connectivity index is 1.78. The molecule has 0 fully saturated rings. The molecule has 2 heterocycles. The minimum atomic E-state index is -3.69. The monoisotopic (exact) mass is 444 g/mol. The maximum atomic E-state index is 12.4. The average Bonchev–Trinajstić information content (AvgIpc) is 2.97. The zero-order valence-electron chi connectivity index (χ0n) is 14.5. The number of halogens is 1. The van der Waals surface area contributed by atoms with Gasteiger partial charge in [-0.25, -0.2) is 0 Å². The molecule has 0 aliphatic carbocycles. The Bertz CT molecular complexity index is 1100. The summed E-state index contributed by atoms with van der Waals surface area (Å²) in [6, 6.07) is 17.2. The molecule has 1 aromatic heterocycles. The van der Waals surface area contributed by atoms with Gasteiger partial charge in [0.15, 0.2) is 0 Å². The van der Waals surface area contributed by atoms with Gasteiger partial charge in [0, 0.05) is 16.0 Å². The summed E-state index contributed by atoms with van der Waals surface area (Å²) in [6.07, 6.45) is 3.84. The molecule has 1 aliphatic heterocycles. The Kier molecular flexibility index (Phi) is 4.65. The van der Waals surface area contributed by atoms with Crippen LogP contribution in [0, 0.1) is 6.92 Å². The van der Waals surface area contributed by atoms with Crippen LogP contribution in [-0.4, -0.2) is 24.0 Å². The largest absolute Gasteiger partial charge is 0.361 e. The first-order chi connectivity index (χ1) is 12.9. The van der Waals surface area contributed by atoms with Gasteiger partial charge in [0.1, 0.15) is 0 Å². The summed E-state index contributed by atoms with van der Waals surface area (Å²) in [4.78, 5) is 0. The maximum absolute atomic E-state index is 12.4. The molecule has 1 aliphatic rings. The number of nitrogens with zero attached hydrogens (tertiary/aromatic N) is 2. The fourth-order valence-electron chi connectivity index (χ4n) is 3.18. The van der Waals surface area contributed by atoms with E-state index in [9.17, 15) is 8.42 Å². The van der Waals surface area contributed by atoms with E-state index in [2.05, 4.69) is 21.0 Å². The van der Waals surface area contributed by atoms with Crippen LogP contribution in [0.5, 0.6) is 5.88 Å². The van der Waals surface area contributed by atoms with Crippen molar-refractivity contribution in [3.05, 3.63) is 82.0 Å². The lowest BCUT2D eigenvalue weighted by molar-refractivity contribution is 0.448. The zero-order valence-corrected chi connectivity index (χ0v) is 16.9. The standard InChI is InChI=1S/C20H17BrN2O3S/c1-14-19-16(10-7-15-8-11-17(21)12-9-15)13-27(24,25)26-20(19)23(22-14)18-5-3-2-4-6-18/h2-12,16H,13H2,1H3/b10-7+. The van der Waals surface area contributed by atoms with E-state index in [1.807, 2.05) is 73.7 Å². The smallest absolute Gasteiger partial charge is 0.311 e. The summed E-state index contributed by atoms with van der Waals surface area (Å²) < 4.78 is 32.6. The summed E-state index contributed by atoms with van der Waals surface area (Å²) in [5.74, 6) is -0.149. The van der Waals surface area contributed by atoms with Crippen LogP contribution in [-0.2, 0) is 10.1 Å². The van der Waals surface area contributed by atoms with E-state index in [0.29, 0.717) is 0 Å². The molecule has 0 amide bonds. The fourth-order valence-corrected chi connectivity index (χ4v) is 4.63. The predicted molar refractivity (Wildman–Crippen MR) is 109 cm³/mol. The Hall–Kier alpha value is -2.38. The normalized spacial score (nSPS) is 18.2. The number of aromatic nitrogens is 2. The lowest BCUT2D eigenvalue weighted by Crippen LogP contribution is -2.25. The minimum Gasteiger partial charge on any atom is -0.361 e. The van der Waals surface area contributed by atoms with Gasteiger partial charge in [0.25, 0.3) is 0 Å². The van der Waals surface area contributed by atoms with Crippen LogP contribution in [0.1, 0.15) is 22.7 Å². The molecule has 0 saturated carbocycles. The highest BCUT2D eigenvalue weighted by Gasteiger charge is 2.35. The molecule has 5 nitrogen and oxygen atoms in total. The van der Waals surface area contributed by atoms with Crippen LogP contribution < -0.4 is 4.18 Å². The number of aryl methyl sites for hydroxylation is 1. The molecule has 0 bridgehead atoms. The number of hydrogen-bond acceptors (Lipinski definition) is 4. The van der Waals surface area contributed by atoms with E-state index in [1.165, 1.54) is 0 Å². The molecule has 1 atom stereocenters. The van der Waals surface area contributed by atoms with Gasteiger partial charge in [-0.2, -0.15) is 18.2 Å². The Morgan fingerprint density at radius 1 is 1.15 bits per heavy atom. The molecular weight excluding hydrogens is 428 g/mol. The Labute approximate surface area is 166 Å². The van der Waals surface area contributed by atoms with Gasteiger partial charge < -0.3 is 4.18 Å². The number of hydrogen-bond donors (Lipinski definition) is 0. The van der Waals surface area contributed by atoms with Gasteiger partial charge in [-0.15, -0.1) is 0 Å². The first kappa shape index (κ1) is 18.0. The summed E-state index contributed by atoms with van der Waals surface area (Å²) in [7, 11) is -3.69. The quantitative estimate of drug-likeness (QED) is 0.559. The van der Waals surface area contributed by atoms with Crippen molar-refractivity contribution >= 4 is 32.1 Å². The number of rotatable bonds is 3. The van der Waals surface area contributed by atoms with Gasteiger partial charge in [0.05, 0.1) is 17.1 Å². The Morgan fingerprint density at radius 3 is 2.56 bits per heavy atom. The topological polar surface area (TPSA) is 61.2 Å². The molecule has 1 unspecified atom stereocenters. The molecule has 0 radical (unpaired) electrons. The molecule has 0 spiro atoms. The summed E-state index contributed by atoms with van der Waals surface area (Å²) in [5, 5.41) is 4.53. The van der Waals surface area contributed by atoms with Gasteiger partial charge in [-0.1, -0.05) is 58.4 Å². The van der Waals surface area contributed by atoms with E-state index in [4.69, 9.17) is 4.18 Å². The SMILES string of the molecule is Cc1nn(-c2ccccc2)c2c1C(/C=C/c1ccc(Br)cc1)CS(=O)(=O)O2. The highest BCUT2D eigenvalue weighted by molar-refractivity contribution is 9.10. The molecule has 138 valence electrons. The van der Waals surface area contributed by atoms with Crippen molar-refractivity contribution < 1.29 is 12.6 Å². The second-order valence-corrected chi connectivity index (χ2v) is 8.91. The van der Waals surface area contributed by atoms with Crippen LogP contribution in [0.4, 0.5) is 0 Å². The highest BCUT2D eigenvalue weighted by atomic mass is 79.9. The lowest BCUT2D eigenvalue weighted by atomic mass is 9.99. The number of para-hydroxylation sites is 1. The van der Waals surface area contributed by atoms with Crippen molar-refractivity contribution in [3.8, 4) is 11.6 Å². The third-order valence-corrected chi connectivity index (χ3v) is 6.12. The number of benzene rings is 2. The van der Waals surface area contributed by atoms with Gasteiger partial charge in [0.2, 0.25) is 5.88 Å². The molecule has 27 heavy (non-hydrogen) atoms. The molecular formula is C20H17BrN2O3S. The maximum Gasteiger partial charge on any atom is 0.311 e. The second kappa shape index (κ2) is 6.98. The van der Waals surface area contributed by atoms with Crippen LogP contribution in [0.3, 0.4) is 0 Å². The van der Waals surface area contributed by atoms with E-state index in [-0.39, 0.29) is 17.6 Å². The lowest BCUT2D eigenvalue weighted by Gasteiger charge is -2.21. The van der Waals surface area contributed by atoms with Crippen molar-refractivity contribution in [1.82, 2.24) is 9.78 Å². The molecule has 3 aromatic rings. The van der Waals surface area contributed by atoms with Crippen LogP contribution in [0.15, 0.2) is 65.1 Å². The predicted octanol–water partition coefficient (Wildman–Crippen LogP) is 4.46. The molecule has 4 rings (SSSR count). The van der Waals surface area contributed by atoms with Crippen molar-refractivity contribution in [2.24, 2.45) is 0 Å². The van der Waals surface area contributed by atoms with E-state index >= 15 is 0 Å². The van der Waals surface area contributed by atoms with Gasteiger partial charge >= 0.3 is 10.1 Å². The van der Waals surface area contributed by atoms with Crippen molar-refractivity contribution in [2.45, 2.75) is 12.8 Å². The van der Waals surface area contributed by atoms with E-state index < -0.39 is 10.1 Å². The summed E-state index contributed by atoms with van der Waals surface area (Å²) >= 11 is 3.41. The van der Waals surface area contributed by atoms with Crippen LogP contribution in [0.2, 0.25) is 0 Å². The third kappa shape index (κ3) is 3.70. The highest BCUT2D eigenvalue weighted by Crippen LogP contribution is 2.39. The summed E-state index contributed by atoms with van der Waals surface area (Å²) in [6.45, 7) is 1.88. The van der Waals surface area contributed by atoms with E-state index in [1.54, 1.807) is 4.68 Å². The molecule has 7 heteroatoms. The number of fused-ring (bicyclic) bond motifs is 1. The summed E-state index contributed by atoms with van der Waals surface area (Å²) in [5.41, 5.74) is 3.32. The first-order valence-corrected chi connectivity index (χ1v) is 10.8. The average molecular weight is 445 g/mol. The fraction of sp³-hybridized carbons (Fsp3) is 0.150. The molecule has 0 N–H and O–H groups in total. The van der Waals surface area contributed by atoms with Crippen LogP contribution >= 0.6 is 15.9 Å². The molecule has 2 aromatic carbocycles. The van der Waals surface area contributed by atoms with Gasteiger partial charge in [-0.05, 0) is 36.8 Å². The second-order valence-electron chi connectivity index (χ2n) is 6.38. The first-order valence-electron chi connectivity index (χ1n) is 8.44. The van der Waals surface area contributed by atoms with Crippen molar-refractivity contribution in [2.75, 3.05) is 5.75 Å².